The van der Waals surface area contributed by atoms with Crippen LogP contribution in [0.15, 0.2) is 0 Å². The van der Waals surface area contributed by atoms with Gasteiger partial charge < -0.3 is 25.0 Å². The zero-order valence-electron chi connectivity index (χ0n) is 15.0. The van der Waals surface area contributed by atoms with E-state index in [1.807, 2.05) is 0 Å². The summed E-state index contributed by atoms with van der Waals surface area (Å²) in [5, 5.41) is 34.5. The van der Waals surface area contributed by atoms with Crippen LogP contribution in [-0.4, -0.2) is 210 Å². The first-order valence-corrected chi connectivity index (χ1v) is 9.77. The number of carboxylic acid groups (broad SMARTS) is 4. The first kappa shape index (κ1) is 47.5. The van der Waals surface area contributed by atoms with E-state index in [0.717, 1.165) is 9.80 Å². The summed E-state index contributed by atoms with van der Waals surface area (Å²) < 4.78 is 48.0. The zero-order chi connectivity index (χ0) is 23.2. The van der Waals surface area contributed by atoms with E-state index in [2.05, 4.69) is 4.18 Å². The van der Waals surface area contributed by atoms with Gasteiger partial charge in [0.05, 0.1) is 26.2 Å². The monoisotopic (exact) mass is 596 g/mol. The molecule has 0 aliphatic carbocycles. The molecule has 0 aromatic heterocycles. The molecular weight excluding hydrogens is 573 g/mol. The minimum absolute atomic E-state index is 0. The van der Waals surface area contributed by atoms with Crippen LogP contribution >= 0.6 is 0 Å². The van der Waals surface area contributed by atoms with Gasteiger partial charge in [0.15, 0.2) is 17.0 Å². The molecule has 0 rings (SSSR count). The number of carbonyl (C=O) groups is 4. The molecule has 0 spiro atoms. The molecule has 0 radical (unpaired) electrons. The van der Waals surface area contributed by atoms with Crippen LogP contribution in [0.25, 0.3) is 0 Å². The maximum absolute atomic E-state index is 10.6. The minimum atomic E-state index is -4.57. The van der Waals surface area contributed by atoms with E-state index in [1.165, 1.54) is 0 Å². The van der Waals surface area contributed by atoms with Gasteiger partial charge in [-0.3, -0.25) is 33.5 Å². The zero-order valence-corrected chi connectivity index (χ0v) is 17.7. The molecule has 0 saturated carbocycles. The molecule has 0 amide bonds. The van der Waals surface area contributed by atoms with E-state index in [0.29, 0.717) is 0 Å². The molecular formula is C11H23FeN2Na3O14S2. The molecule has 0 aliphatic rings. The van der Waals surface area contributed by atoms with Crippen molar-refractivity contribution in [2.45, 2.75) is 0 Å². The van der Waals surface area contributed by atoms with Crippen LogP contribution in [0.4, 0.5) is 0 Å². The van der Waals surface area contributed by atoms with Gasteiger partial charge in [0.25, 0.3) is 0 Å². The number of hydrogen-bond acceptors (Lipinski definition) is 10. The van der Waals surface area contributed by atoms with Crippen molar-refractivity contribution in [1.82, 2.24) is 9.80 Å². The molecule has 184 valence electrons. The number of carboxylic acids is 4. The summed E-state index contributed by atoms with van der Waals surface area (Å²) >= 11 is -2.37. The molecule has 0 aromatic carbocycles. The molecule has 0 heterocycles. The molecule has 16 nitrogen and oxygen atoms in total. The normalized spacial score (nSPS) is 10.7. The van der Waals surface area contributed by atoms with Crippen molar-refractivity contribution in [2.24, 2.45) is 0 Å². The quantitative estimate of drug-likeness (QED) is 0.0623. The van der Waals surface area contributed by atoms with Gasteiger partial charge in [-0.15, -0.1) is 0 Å². The summed E-state index contributed by atoms with van der Waals surface area (Å²) in [6.07, 6.45) is 0. The number of hydrogen-bond donors (Lipinski definition) is 6. The summed E-state index contributed by atoms with van der Waals surface area (Å²) in [6, 6.07) is 0. The molecule has 1 atom stereocenters. The molecule has 0 aromatic rings. The Kier molecular flexibility index (Phi) is 37.9. The van der Waals surface area contributed by atoms with Gasteiger partial charge in [-0.25, -0.2) is 8.39 Å². The Balaban J connectivity index is -0.000000121. The Bertz CT molecular complexity index is 647. The Hall–Kier alpha value is 1.30. The van der Waals surface area contributed by atoms with Crippen LogP contribution in [0.1, 0.15) is 0 Å². The van der Waals surface area contributed by atoms with Crippen LogP contribution < -0.4 is 0 Å². The van der Waals surface area contributed by atoms with E-state index in [9.17, 15) is 31.8 Å². The van der Waals surface area contributed by atoms with Crippen LogP contribution in [0.3, 0.4) is 0 Å². The predicted octanol–water partition coefficient (Wildman–Crippen LogP) is -5.03. The van der Waals surface area contributed by atoms with Gasteiger partial charge in [0.1, 0.15) is 0 Å². The van der Waals surface area contributed by atoms with Crippen LogP contribution in [-0.2, 0) is 61.9 Å². The van der Waals surface area contributed by atoms with Crippen molar-refractivity contribution >= 4 is 134 Å². The van der Waals surface area contributed by atoms with E-state index in [-0.39, 0.29) is 119 Å². The Morgan fingerprint density at radius 3 is 1.09 bits per heavy atom. The standard InChI is InChI=1S/C10H16N2O8.CH4O6S2.Fe.3Na.3H/c13-7(14)3-11(4-8(15)16)1-2-12(5-9(17)18)6-10(19)20;2-8(3)1-7-9(4,5)6;;;;;;;/h1-6H2,(H,13,14)(H,15,16)(H,17,18)(H,19,20);1H2,(H,2,3)(H,4,5,6);;;;;;;. The third kappa shape index (κ3) is 40.7. The molecule has 6 N–H and O–H groups in total. The number of rotatable bonds is 14. The molecule has 33 heavy (non-hydrogen) atoms. The van der Waals surface area contributed by atoms with Gasteiger partial charge in [0, 0.05) is 30.2 Å². The van der Waals surface area contributed by atoms with E-state index in [4.69, 9.17) is 29.5 Å². The fraction of sp³-hybridized carbons (Fsp3) is 0.636. The summed E-state index contributed by atoms with van der Waals surface area (Å²) in [5.74, 6) is -5.86. The van der Waals surface area contributed by atoms with Gasteiger partial charge in [-0.05, 0) is 0 Å². The fourth-order valence-electron chi connectivity index (χ4n) is 1.58. The molecule has 0 bridgehead atoms. The van der Waals surface area contributed by atoms with Gasteiger partial charge in [-0.1, -0.05) is 0 Å². The first-order valence-electron chi connectivity index (χ1n) is 7.13. The van der Waals surface area contributed by atoms with Crippen LogP contribution in [0.5, 0.6) is 0 Å². The summed E-state index contributed by atoms with van der Waals surface area (Å²) in [5.41, 5.74) is 0. The van der Waals surface area contributed by atoms with Crippen molar-refractivity contribution in [1.29, 1.82) is 0 Å². The van der Waals surface area contributed by atoms with Crippen molar-refractivity contribution < 1.29 is 82.6 Å². The summed E-state index contributed by atoms with van der Waals surface area (Å²) in [4.78, 5) is 44.4. The second kappa shape index (κ2) is 26.4. The SMILES string of the molecule is O=C(O)CN(CCN(CC(=O)O)CC(=O)O)CC(=O)O.O=S(O)COS(=O)(=O)O.[Fe].[NaH].[NaH].[NaH]. The van der Waals surface area contributed by atoms with Crippen molar-refractivity contribution in [3.05, 3.63) is 0 Å². The summed E-state index contributed by atoms with van der Waals surface area (Å²) in [7, 11) is -4.57. The third-order valence-corrected chi connectivity index (χ3v) is 3.35. The van der Waals surface area contributed by atoms with Gasteiger partial charge >= 0.3 is 123 Å². The first-order chi connectivity index (χ1) is 13.1. The average Bonchev–Trinajstić information content (AvgIpc) is 2.48. The maximum atomic E-state index is 10.6. The second-order valence-corrected chi connectivity index (χ2v) is 6.95. The second-order valence-electron chi connectivity index (χ2n) is 4.98. The predicted molar refractivity (Wildman–Crippen MR) is 113 cm³/mol. The summed E-state index contributed by atoms with van der Waals surface area (Å²) in [6.45, 7) is -2.25. The van der Waals surface area contributed by atoms with Gasteiger partial charge in [0.2, 0.25) is 0 Å². The van der Waals surface area contributed by atoms with Crippen molar-refractivity contribution in [3.8, 4) is 0 Å². The van der Waals surface area contributed by atoms with E-state index < -0.39 is 77.5 Å². The molecule has 0 saturated heterocycles. The Morgan fingerprint density at radius 2 is 0.970 bits per heavy atom. The average molecular weight is 596 g/mol. The molecule has 0 fully saturated rings. The Labute approximate surface area is 268 Å². The topological polar surface area (TPSA) is 257 Å². The van der Waals surface area contributed by atoms with Crippen LogP contribution in [0.2, 0.25) is 0 Å². The van der Waals surface area contributed by atoms with E-state index in [1.54, 1.807) is 0 Å². The third-order valence-electron chi connectivity index (χ3n) is 2.47. The van der Waals surface area contributed by atoms with Crippen molar-refractivity contribution in [3.63, 3.8) is 0 Å². The van der Waals surface area contributed by atoms with Crippen molar-refractivity contribution in [2.75, 3.05) is 45.2 Å². The number of aliphatic carboxylic acids is 4. The van der Waals surface area contributed by atoms with Crippen LogP contribution in [0, 0.1) is 0 Å². The molecule has 1 unspecified atom stereocenters. The number of nitrogens with zero attached hydrogens (tertiary/aromatic N) is 2. The molecule has 0 aliphatic heterocycles. The Morgan fingerprint density at radius 1 is 0.727 bits per heavy atom. The van der Waals surface area contributed by atoms with Gasteiger partial charge in [-0.2, -0.15) is 8.42 Å². The molecule has 22 heteroatoms. The fourth-order valence-corrected chi connectivity index (χ4v) is 2.39. The van der Waals surface area contributed by atoms with E-state index >= 15 is 0 Å².